The topological polar surface area (TPSA) is 52.6 Å². The molecule has 0 aliphatic heterocycles. The average Bonchev–Trinajstić information content (AvgIpc) is 2.54. The highest BCUT2D eigenvalue weighted by molar-refractivity contribution is 7.53. The van der Waals surface area contributed by atoms with Gasteiger partial charge >= 0.3 is 5.97 Å². The molecule has 0 saturated heterocycles. The maximum Gasteiger partial charge on any atom is 0.309 e. The predicted molar refractivity (Wildman–Crippen MR) is 104 cm³/mol. The molecule has 0 aliphatic rings. The number of rotatable bonds is 11. The minimum absolute atomic E-state index is 0.266. The van der Waals surface area contributed by atoms with Crippen molar-refractivity contribution >= 4 is 19.1 Å². The van der Waals surface area contributed by atoms with Crippen LogP contribution in [0.3, 0.4) is 0 Å². The number of para-hydroxylation sites is 1. The molecular weight excluding hydrogens is 335 g/mol. The molecule has 0 fully saturated rings. The fraction of sp³-hybridized carbons (Fsp3) is 0.650. The average molecular weight is 368 g/mol. The minimum atomic E-state index is -2.11. The van der Waals surface area contributed by atoms with E-state index in [2.05, 4.69) is 27.7 Å². The Morgan fingerprint density at radius 1 is 1.00 bits per heavy atom. The van der Waals surface area contributed by atoms with E-state index >= 15 is 0 Å². The molecular formula is C20H33O4P. The molecule has 0 spiro atoms. The van der Waals surface area contributed by atoms with Crippen molar-refractivity contribution in [1.82, 2.24) is 0 Å². The summed E-state index contributed by atoms with van der Waals surface area (Å²) in [5.41, 5.74) is 0. The summed E-state index contributed by atoms with van der Waals surface area (Å²) in [5.74, 6) is 1.09. The first-order valence-electron chi connectivity index (χ1n) is 9.22. The summed E-state index contributed by atoms with van der Waals surface area (Å²) < 4.78 is 23.8. The van der Waals surface area contributed by atoms with E-state index < -0.39 is 7.80 Å². The van der Waals surface area contributed by atoms with Crippen LogP contribution in [0.1, 0.15) is 47.5 Å². The van der Waals surface area contributed by atoms with Crippen molar-refractivity contribution in [2.24, 2.45) is 17.8 Å². The maximum atomic E-state index is 12.8. The fourth-order valence-electron chi connectivity index (χ4n) is 2.24. The molecule has 1 aromatic carbocycles. The molecule has 0 amide bonds. The molecule has 2 unspecified atom stereocenters. The van der Waals surface area contributed by atoms with Crippen LogP contribution in [0.15, 0.2) is 24.3 Å². The highest BCUT2D eigenvalue weighted by Gasteiger charge is 2.20. The van der Waals surface area contributed by atoms with E-state index in [-0.39, 0.29) is 11.9 Å². The second-order valence-corrected chi connectivity index (χ2v) is 9.20. The Kier molecular flexibility index (Phi) is 9.89. The van der Waals surface area contributed by atoms with Crippen LogP contribution in [0.25, 0.3) is 0 Å². The van der Waals surface area contributed by atoms with Gasteiger partial charge in [-0.2, -0.15) is 0 Å². The smallest absolute Gasteiger partial charge is 0.309 e. The molecule has 5 heteroatoms. The van der Waals surface area contributed by atoms with Crippen molar-refractivity contribution < 1.29 is 18.8 Å². The lowest BCUT2D eigenvalue weighted by molar-refractivity contribution is -0.147. The van der Waals surface area contributed by atoms with Crippen molar-refractivity contribution in [2.45, 2.75) is 47.5 Å². The Labute approximate surface area is 153 Å². The molecule has 0 aliphatic carbocycles. The highest BCUT2D eigenvalue weighted by atomic mass is 31.1. The normalized spacial score (nSPS) is 13.7. The van der Waals surface area contributed by atoms with E-state index in [9.17, 15) is 9.36 Å². The van der Waals surface area contributed by atoms with Gasteiger partial charge in [0.25, 0.3) is 0 Å². The fourth-order valence-corrected chi connectivity index (χ4v) is 3.89. The summed E-state index contributed by atoms with van der Waals surface area (Å²) in [7, 11) is -2.11. The zero-order valence-corrected chi connectivity index (χ0v) is 17.2. The van der Waals surface area contributed by atoms with E-state index in [1.165, 1.54) is 0 Å². The molecule has 0 N–H and O–H groups in total. The van der Waals surface area contributed by atoms with E-state index in [4.69, 9.17) is 9.47 Å². The number of hydrogen-bond donors (Lipinski definition) is 0. The van der Waals surface area contributed by atoms with Gasteiger partial charge in [0.2, 0.25) is 0 Å². The summed E-state index contributed by atoms with van der Waals surface area (Å²) in [6.45, 7) is 11.3. The second-order valence-electron chi connectivity index (χ2n) is 7.41. The zero-order chi connectivity index (χ0) is 18.8. The molecule has 0 heterocycles. The van der Waals surface area contributed by atoms with E-state index in [0.29, 0.717) is 37.0 Å². The van der Waals surface area contributed by atoms with Crippen LogP contribution in [0.4, 0.5) is 0 Å². The number of hydrogen-bond acceptors (Lipinski definition) is 4. The third kappa shape index (κ3) is 8.58. The molecule has 4 nitrogen and oxygen atoms in total. The summed E-state index contributed by atoms with van der Waals surface area (Å²) in [6, 6.07) is 7.43. The quantitative estimate of drug-likeness (QED) is 0.426. The lowest BCUT2D eigenvalue weighted by Crippen LogP contribution is -2.20. The first kappa shape index (κ1) is 21.8. The third-order valence-electron chi connectivity index (χ3n) is 3.97. The minimum Gasteiger partial charge on any atom is -0.493 e. The van der Waals surface area contributed by atoms with Crippen molar-refractivity contribution in [1.29, 1.82) is 0 Å². The molecule has 0 bridgehead atoms. The van der Waals surface area contributed by atoms with Crippen LogP contribution >= 0.6 is 7.80 Å². The Morgan fingerprint density at radius 2 is 1.60 bits per heavy atom. The SMILES string of the molecule is CC(C)CCOC(=O)C(C)C[PH](=O)c1ccccc1OCCC(C)C. The summed E-state index contributed by atoms with van der Waals surface area (Å²) in [6.07, 6.45) is 2.11. The van der Waals surface area contributed by atoms with E-state index in [1.807, 2.05) is 24.3 Å². The second kappa shape index (κ2) is 11.4. The molecule has 0 saturated carbocycles. The Morgan fingerprint density at radius 3 is 2.24 bits per heavy atom. The molecule has 2 atom stereocenters. The van der Waals surface area contributed by atoms with Crippen molar-refractivity contribution in [3.8, 4) is 5.75 Å². The Balaban J connectivity index is 2.59. The van der Waals surface area contributed by atoms with Gasteiger partial charge in [0, 0.05) is 6.16 Å². The van der Waals surface area contributed by atoms with Gasteiger partial charge < -0.3 is 14.0 Å². The van der Waals surface area contributed by atoms with E-state index in [1.54, 1.807) is 6.92 Å². The van der Waals surface area contributed by atoms with Crippen LogP contribution in [0.5, 0.6) is 5.75 Å². The Bertz CT molecular complexity index is 554. The van der Waals surface area contributed by atoms with Crippen LogP contribution in [-0.2, 0) is 14.1 Å². The molecule has 0 aromatic heterocycles. The van der Waals surface area contributed by atoms with Gasteiger partial charge in [0.1, 0.15) is 13.6 Å². The van der Waals surface area contributed by atoms with Gasteiger partial charge in [-0.15, -0.1) is 0 Å². The van der Waals surface area contributed by atoms with Crippen LogP contribution in [0, 0.1) is 17.8 Å². The molecule has 1 aromatic rings. The van der Waals surface area contributed by atoms with Gasteiger partial charge in [-0.1, -0.05) is 46.8 Å². The Hall–Kier alpha value is -1.28. The van der Waals surface area contributed by atoms with Crippen LogP contribution < -0.4 is 10.0 Å². The van der Waals surface area contributed by atoms with Crippen LogP contribution in [0.2, 0.25) is 0 Å². The number of carbonyl (C=O) groups excluding carboxylic acids is 1. The van der Waals surface area contributed by atoms with Gasteiger partial charge in [-0.25, -0.2) is 0 Å². The zero-order valence-electron chi connectivity index (χ0n) is 16.2. The first-order valence-corrected chi connectivity index (χ1v) is 10.8. The molecule has 0 radical (unpaired) electrons. The highest BCUT2D eigenvalue weighted by Crippen LogP contribution is 2.29. The predicted octanol–water partition coefficient (Wildman–Crippen LogP) is 4.52. The van der Waals surface area contributed by atoms with Crippen LogP contribution in [-0.4, -0.2) is 25.3 Å². The van der Waals surface area contributed by atoms with E-state index in [0.717, 1.165) is 18.1 Å². The van der Waals surface area contributed by atoms with Gasteiger partial charge in [0.15, 0.2) is 0 Å². The van der Waals surface area contributed by atoms with Gasteiger partial charge in [-0.3, -0.25) is 4.79 Å². The van der Waals surface area contributed by atoms with Crippen molar-refractivity contribution in [3.05, 3.63) is 24.3 Å². The number of carbonyl (C=O) groups is 1. The number of esters is 1. The van der Waals surface area contributed by atoms with Crippen molar-refractivity contribution in [2.75, 3.05) is 19.4 Å². The standard InChI is InChI=1S/C20H33O4P/c1-15(2)10-12-23-18-8-6-7-9-19(18)25(22)14-17(5)20(21)24-13-11-16(3)4/h6-9,15-17,25H,10-14H2,1-5H3. The summed E-state index contributed by atoms with van der Waals surface area (Å²) in [5, 5.41) is 0.720. The number of benzene rings is 1. The monoisotopic (exact) mass is 368 g/mol. The molecule has 142 valence electrons. The maximum absolute atomic E-state index is 12.8. The largest absolute Gasteiger partial charge is 0.493 e. The lowest BCUT2D eigenvalue weighted by atomic mass is 10.1. The summed E-state index contributed by atoms with van der Waals surface area (Å²) >= 11 is 0. The molecule has 25 heavy (non-hydrogen) atoms. The molecule has 1 rings (SSSR count). The van der Waals surface area contributed by atoms with Gasteiger partial charge in [-0.05, 0) is 36.8 Å². The first-order chi connectivity index (χ1) is 11.8. The third-order valence-corrected chi connectivity index (χ3v) is 5.97. The van der Waals surface area contributed by atoms with Gasteiger partial charge in [0.05, 0.1) is 24.4 Å². The number of ether oxygens (including phenoxy) is 2. The summed E-state index contributed by atoms with van der Waals surface area (Å²) in [4.78, 5) is 12.0. The van der Waals surface area contributed by atoms with Crippen molar-refractivity contribution in [3.63, 3.8) is 0 Å². The lowest BCUT2D eigenvalue weighted by Gasteiger charge is -2.15.